The van der Waals surface area contributed by atoms with Gasteiger partial charge >= 0.3 is 0 Å². The van der Waals surface area contributed by atoms with Crippen molar-refractivity contribution in [2.45, 2.75) is 44.1 Å². The van der Waals surface area contributed by atoms with Gasteiger partial charge in [-0.1, -0.05) is 60.7 Å². The summed E-state index contributed by atoms with van der Waals surface area (Å²) in [5, 5.41) is 8.62. The summed E-state index contributed by atoms with van der Waals surface area (Å²) in [7, 11) is 1.81. The molecule has 2 unspecified atom stereocenters. The number of aryl methyl sites for hydroxylation is 3. The molecule has 3 aromatic carbocycles. The van der Waals surface area contributed by atoms with Gasteiger partial charge in [0.2, 0.25) is 0 Å². The van der Waals surface area contributed by atoms with Crippen LogP contribution in [-0.4, -0.2) is 20.7 Å². The van der Waals surface area contributed by atoms with Crippen LogP contribution in [0.25, 0.3) is 21.7 Å². The lowest BCUT2D eigenvalue weighted by molar-refractivity contribution is 0.0925. The number of carbonyl (C=O) groups excluding carboxylic acids is 1. The van der Waals surface area contributed by atoms with E-state index < -0.39 is 0 Å². The van der Waals surface area contributed by atoms with Crippen LogP contribution in [0, 0.1) is 6.92 Å². The van der Waals surface area contributed by atoms with Crippen LogP contribution in [-0.2, 0) is 13.5 Å². The fourth-order valence-electron chi connectivity index (χ4n) is 6.55. The molecule has 0 fully saturated rings. The fourth-order valence-corrected chi connectivity index (χ4v) is 7.31. The van der Waals surface area contributed by atoms with Gasteiger partial charge in [0.05, 0.1) is 6.04 Å². The summed E-state index contributed by atoms with van der Waals surface area (Å²) in [5.41, 5.74) is 9.71. The molecule has 0 saturated carbocycles. The summed E-state index contributed by atoms with van der Waals surface area (Å²) < 4.78 is 1.64. The molecule has 2 aliphatic rings. The van der Waals surface area contributed by atoms with Gasteiger partial charge in [-0.2, -0.15) is 5.10 Å². The molecule has 0 saturated heterocycles. The summed E-state index contributed by atoms with van der Waals surface area (Å²) in [4.78, 5) is 19.1. The Bertz CT molecular complexity index is 1690. The van der Waals surface area contributed by atoms with Gasteiger partial charge in [0.15, 0.2) is 0 Å². The van der Waals surface area contributed by atoms with E-state index in [1.165, 1.54) is 43.8 Å². The number of hydrogen-bond acceptors (Lipinski definition) is 4. The van der Waals surface area contributed by atoms with E-state index in [0.717, 1.165) is 24.3 Å². The topological polar surface area (TPSA) is 59.8 Å². The van der Waals surface area contributed by atoms with Crippen molar-refractivity contribution < 1.29 is 4.79 Å². The predicted molar refractivity (Wildman–Crippen MR) is 156 cm³/mol. The van der Waals surface area contributed by atoms with E-state index in [4.69, 9.17) is 0 Å². The van der Waals surface area contributed by atoms with Gasteiger partial charge in [-0.15, -0.1) is 11.3 Å². The number of amides is 1. The van der Waals surface area contributed by atoms with E-state index in [1.807, 2.05) is 13.2 Å². The molecule has 194 valence electrons. The second-order valence-electron chi connectivity index (χ2n) is 10.8. The monoisotopic (exact) mass is 530 g/mol. The highest BCUT2D eigenvalue weighted by molar-refractivity contribution is 7.14. The molecule has 3 atom stereocenters. The van der Waals surface area contributed by atoms with E-state index in [2.05, 4.69) is 89.1 Å². The van der Waals surface area contributed by atoms with Crippen molar-refractivity contribution in [2.75, 3.05) is 0 Å². The lowest BCUT2D eigenvalue weighted by atomic mass is 9.82. The van der Waals surface area contributed by atoms with Crippen LogP contribution in [0.5, 0.6) is 0 Å². The number of fused-ring (bicyclic) bond motifs is 2. The van der Waals surface area contributed by atoms with Gasteiger partial charge in [0.25, 0.3) is 5.91 Å². The molecule has 5 nitrogen and oxygen atoms in total. The maximum absolute atomic E-state index is 13.2. The molecule has 0 spiro atoms. The van der Waals surface area contributed by atoms with Gasteiger partial charge in [0.1, 0.15) is 10.7 Å². The molecule has 2 aliphatic carbocycles. The summed E-state index contributed by atoms with van der Waals surface area (Å²) in [6.45, 7) is 2.11. The zero-order valence-corrected chi connectivity index (χ0v) is 22.9. The normalized spacial score (nSPS) is 19.6. The van der Waals surface area contributed by atoms with Crippen LogP contribution in [0.4, 0.5) is 0 Å². The Labute approximate surface area is 232 Å². The summed E-state index contributed by atoms with van der Waals surface area (Å²) >= 11 is 1.75. The third kappa shape index (κ3) is 4.29. The molecule has 5 aromatic rings. The summed E-state index contributed by atoms with van der Waals surface area (Å²) in [5.74, 6) is 0.659. The Kier molecular flexibility index (Phi) is 5.93. The van der Waals surface area contributed by atoms with Crippen LogP contribution >= 0.6 is 11.3 Å². The smallest absolute Gasteiger partial charge is 0.270 e. The van der Waals surface area contributed by atoms with E-state index in [-0.39, 0.29) is 11.9 Å². The average molecular weight is 531 g/mol. The fraction of sp³-hybridized carbons (Fsp3) is 0.242. The highest BCUT2D eigenvalue weighted by Gasteiger charge is 2.40. The van der Waals surface area contributed by atoms with Crippen molar-refractivity contribution in [1.82, 2.24) is 20.1 Å². The summed E-state index contributed by atoms with van der Waals surface area (Å²) in [6, 6.07) is 26.0. The zero-order chi connectivity index (χ0) is 26.5. The molecular weight excluding hydrogens is 500 g/mol. The Morgan fingerprint density at radius 1 is 0.923 bits per heavy atom. The Balaban J connectivity index is 1.27. The molecule has 7 rings (SSSR count). The largest absolute Gasteiger partial charge is 0.344 e. The molecule has 0 aliphatic heterocycles. The molecular formula is C33H30N4OS. The second-order valence-corrected chi connectivity index (χ2v) is 12.0. The average Bonchev–Trinajstić information content (AvgIpc) is 3.75. The minimum atomic E-state index is -0.0769. The minimum Gasteiger partial charge on any atom is -0.344 e. The van der Waals surface area contributed by atoms with Crippen molar-refractivity contribution in [3.8, 4) is 21.7 Å². The highest BCUT2D eigenvalue weighted by Crippen LogP contribution is 2.53. The van der Waals surface area contributed by atoms with Crippen molar-refractivity contribution >= 4 is 17.2 Å². The molecule has 39 heavy (non-hydrogen) atoms. The number of carbonyl (C=O) groups is 1. The van der Waals surface area contributed by atoms with Gasteiger partial charge in [-0.05, 0) is 83.5 Å². The van der Waals surface area contributed by atoms with Crippen molar-refractivity contribution in [1.29, 1.82) is 0 Å². The quantitative estimate of drug-likeness (QED) is 0.261. The van der Waals surface area contributed by atoms with E-state index in [1.54, 1.807) is 28.3 Å². The van der Waals surface area contributed by atoms with Crippen molar-refractivity contribution in [3.05, 3.63) is 118 Å². The first-order chi connectivity index (χ1) is 19.0. The first-order valence-corrected chi connectivity index (χ1v) is 14.4. The van der Waals surface area contributed by atoms with Gasteiger partial charge in [-0.3, -0.25) is 9.48 Å². The molecule has 2 aromatic heterocycles. The Morgan fingerprint density at radius 2 is 1.74 bits per heavy atom. The number of nitrogens with one attached hydrogen (secondary N) is 1. The van der Waals surface area contributed by atoms with Gasteiger partial charge in [-0.25, -0.2) is 4.98 Å². The van der Waals surface area contributed by atoms with E-state index in [9.17, 15) is 4.79 Å². The molecule has 6 heteroatoms. The molecule has 1 amide bonds. The number of nitrogens with zero attached hydrogens (tertiary/aromatic N) is 3. The third-order valence-corrected chi connectivity index (χ3v) is 9.40. The standard InChI is InChI=1S/C33H30N4OS/c1-20-19-34-33(39-20)24-9-8-22-10-12-25(27(22)17-24)29-18-30(36-32(38)31-14-15-35-37(31)2)26-13-11-23(16-28(26)29)21-6-4-3-5-7-21/h3-9,11,13-17,19,25,29-30H,10,12,18H2,1-2H3,(H,36,38)/t25?,29?,30-/m1/s1. The maximum Gasteiger partial charge on any atom is 0.270 e. The van der Waals surface area contributed by atoms with Crippen molar-refractivity contribution in [3.63, 3.8) is 0 Å². The van der Waals surface area contributed by atoms with E-state index in [0.29, 0.717) is 17.5 Å². The predicted octanol–water partition coefficient (Wildman–Crippen LogP) is 7.21. The minimum absolute atomic E-state index is 0.0360. The van der Waals surface area contributed by atoms with E-state index >= 15 is 0 Å². The van der Waals surface area contributed by atoms with Crippen LogP contribution in [0.2, 0.25) is 0 Å². The number of hydrogen-bond donors (Lipinski definition) is 1. The number of benzene rings is 3. The lowest BCUT2D eigenvalue weighted by Gasteiger charge is -2.22. The lowest BCUT2D eigenvalue weighted by Crippen LogP contribution is -2.29. The third-order valence-electron chi connectivity index (χ3n) is 8.44. The first kappa shape index (κ1) is 24.0. The number of rotatable bonds is 5. The summed E-state index contributed by atoms with van der Waals surface area (Å²) in [6.07, 6.45) is 6.73. The SMILES string of the molecule is Cc1cnc(-c2ccc3c(c2)C(C2C[C@@H](NC(=O)c4ccnn4C)c4ccc(-c5ccccc5)cc42)CC3)s1. The first-order valence-electron chi connectivity index (χ1n) is 13.6. The number of aromatic nitrogens is 3. The zero-order valence-electron chi connectivity index (χ0n) is 22.1. The highest BCUT2D eigenvalue weighted by atomic mass is 32.1. The molecule has 0 radical (unpaired) electrons. The number of thiazole rings is 1. The molecule has 1 N–H and O–H groups in total. The molecule has 0 bridgehead atoms. The van der Waals surface area contributed by atoms with Gasteiger partial charge < -0.3 is 5.32 Å². The maximum atomic E-state index is 13.2. The van der Waals surface area contributed by atoms with Crippen LogP contribution < -0.4 is 5.32 Å². The Hall–Kier alpha value is -4.03. The van der Waals surface area contributed by atoms with Crippen LogP contribution in [0.3, 0.4) is 0 Å². The Morgan fingerprint density at radius 3 is 2.51 bits per heavy atom. The molecule has 2 heterocycles. The van der Waals surface area contributed by atoms with Gasteiger partial charge in [0, 0.05) is 29.9 Å². The van der Waals surface area contributed by atoms with Crippen LogP contribution in [0.1, 0.15) is 68.3 Å². The van der Waals surface area contributed by atoms with Crippen LogP contribution in [0.15, 0.2) is 85.2 Å². The second kappa shape index (κ2) is 9.62. The van der Waals surface area contributed by atoms with Crippen molar-refractivity contribution in [2.24, 2.45) is 7.05 Å².